The minimum absolute atomic E-state index is 0. The van der Waals surface area contributed by atoms with Gasteiger partial charge in [0.2, 0.25) is 5.95 Å². The van der Waals surface area contributed by atoms with E-state index in [-0.39, 0.29) is 44.8 Å². The Kier molecular flexibility index (Phi) is 15.9. The number of aromatic nitrogens is 2. The second-order valence-corrected chi connectivity index (χ2v) is 8.70. The maximum absolute atomic E-state index is 11.8. The largest absolute Gasteiger partial charge is 0.505 e. The smallest absolute Gasteiger partial charge is 0.425 e. The summed E-state index contributed by atoms with van der Waals surface area (Å²) in [5, 5.41) is 29.7. The standard InChI is InChI=1S/C18H16N2O5S.C4H3FN2.CH3F.Cu.O3S/c1-2-11-9-13(26(23,24)25)10-16(17(11)21)20-19-15-8-7-12-5-3-4-6-14(12)18(15)22;5-4-1-2-6-3-7-4;1-2;;1-4(2)3/h3-10,21-22H,2H2,1H3,(H,23,24,25);1-3H;1H3;;. The van der Waals surface area contributed by atoms with E-state index < -0.39 is 26.7 Å². The predicted octanol–water partition coefficient (Wildman–Crippen LogP) is 4.67. The molecule has 0 aliphatic heterocycles. The van der Waals surface area contributed by atoms with E-state index in [0.717, 1.165) is 17.8 Å². The normalized spacial score (nSPS) is 10.1. The van der Waals surface area contributed by atoms with Gasteiger partial charge in [-0.15, -0.1) is 22.9 Å². The van der Waals surface area contributed by atoms with Gasteiger partial charge in [-0.25, -0.2) is 9.97 Å². The second kappa shape index (κ2) is 17.6. The van der Waals surface area contributed by atoms with Crippen molar-refractivity contribution in [1.82, 2.24) is 9.97 Å². The Morgan fingerprint density at radius 2 is 1.52 bits per heavy atom. The first kappa shape index (κ1) is 36.1. The molecule has 4 aromatic rings. The summed E-state index contributed by atoms with van der Waals surface area (Å²) in [6, 6.07) is 13.9. The topological polar surface area (TPSA) is 197 Å². The van der Waals surface area contributed by atoms with E-state index in [4.69, 9.17) is 12.6 Å². The number of aryl methyl sites for hydroxylation is 1. The maximum Gasteiger partial charge on any atom is 0.425 e. The predicted molar refractivity (Wildman–Crippen MR) is 136 cm³/mol. The number of benzene rings is 3. The molecule has 0 aliphatic rings. The molecule has 0 unspecified atom stereocenters. The first-order chi connectivity index (χ1) is 18.4. The van der Waals surface area contributed by atoms with E-state index in [1.54, 1.807) is 31.2 Å². The van der Waals surface area contributed by atoms with Gasteiger partial charge >= 0.3 is 10.6 Å². The zero-order valence-corrected chi connectivity index (χ0v) is 23.2. The molecule has 0 fully saturated rings. The summed E-state index contributed by atoms with van der Waals surface area (Å²) in [5.41, 5.74) is 0.347. The number of phenols is 2. The van der Waals surface area contributed by atoms with E-state index in [0.29, 0.717) is 24.5 Å². The Morgan fingerprint density at radius 3 is 2.02 bits per heavy atom. The summed E-state index contributed by atoms with van der Waals surface area (Å²) < 4.78 is 78.6. The number of phenolic OH excluding ortho intramolecular Hbond substituents is 2. The Balaban J connectivity index is 0.000000905. The van der Waals surface area contributed by atoms with Gasteiger partial charge < -0.3 is 10.2 Å². The fourth-order valence-electron chi connectivity index (χ4n) is 2.85. The van der Waals surface area contributed by atoms with Gasteiger partial charge in [0, 0.05) is 34.7 Å². The molecule has 17 heteroatoms. The summed E-state index contributed by atoms with van der Waals surface area (Å²) in [7, 11) is -7.07. The number of aromatic hydroxyl groups is 2. The maximum atomic E-state index is 11.8. The number of hydrogen-bond donors (Lipinski definition) is 3. The molecule has 0 atom stereocenters. The van der Waals surface area contributed by atoms with E-state index >= 15 is 0 Å². The van der Waals surface area contributed by atoms with Crippen LogP contribution in [0.4, 0.5) is 20.2 Å². The van der Waals surface area contributed by atoms with Gasteiger partial charge in [0.25, 0.3) is 10.1 Å². The van der Waals surface area contributed by atoms with Gasteiger partial charge in [0.15, 0.2) is 5.75 Å². The minimum Gasteiger partial charge on any atom is -0.505 e. The fraction of sp³-hybridized carbons (Fsp3) is 0.130. The number of azo groups is 1. The molecule has 1 aromatic heterocycles. The molecule has 0 saturated heterocycles. The van der Waals surface area contributed by atoms with Gasteiger partial charge in [-0.2, -0.15) is 12.8 Å². The fourth-order valence-corrected chi connectivity index (χ4v) is 3.40. The van der Waals surface area contributed by atoms with Crippen LogP contribution in [0.25, 0.3) is 10.8 Å². The van der Waals surface area contributed by atoms with Crippen molar-refractivity contribution >= 4 is 42.9 Å². The monoisotopic (exact) mass is 647 g/mol. The van der Waals surface area contributed by atoms with Crippen molar-refractivity contribution < 1.29 is 61.7 Å². The number of hydrogen-bond acceptors (Lipinski definition) is 11. The van der Waals surface area contributed by atoms with Gasteiger partial charge in [-0.3, -0.25) is 8.94 Å². The van der Waals surface area contributed by atoms with Gasteiger partial charge in [0.05, 0.1) is 12.1 Å². The second-order valence-electron chi connectivity index (χ2n) is 6.87. The quantitative estimate of drug-likeness (QED) is 0.121. The van der Waals surface area contributed by atoms with Crippen molar-refractivity contribution in [2.75, 3.05) is 7.18 Å². The molecule has 0 saturated carbocycles. The average molecular weight is 648 g/mol. The first-order valence-corrected chi connectivity index (χ1v) is 12.9. The first-order valence-electron chi connectivity index (χ1n) is 10.5. The van der Waals surface area contributed by atoms with E-state index in [1.165, 1.54) is 18.3 Å². The molecule has 3 N–H and O–H groups in total. The van der Waals surface area contributed by atoms with Crippen molar-refractivity contribution in [3.8, 4) is 11.5 Å². The third kappa shape index (κ3) is 11.5. The molecule has 0 bridgehead atoms. The van der Waals surface area contributed by atoms with Crippen molar-refractivity contribution in [2.24, 2.45) is 10.2 Å². The molecule has 1 radical (unpaired) electrons. The average Bonchev–Trinajstić information content (AvgIpc) is 2.90. The molecule has 0 amide bonds. The number of rotatable bonds is 4. The SMILES string of the molecule is CCc1cc(S(=O)(=O)O)cc(N=Nc2ccc3ccccc3c2O)c1O.CF.Fc1ccncn1.O=S(=O)=O.[Cu]. The molecular weight excluding hydrogens is 626 g/mol. The van der Waals surface area contributed by atoms with Gasteiger partial charge in [-0.05, 0) is 35.6 Å². The van der Waals surface area contributed by atoms with E-state index in [9.17, 15) is 32.0 Å². The Labute approximate surface area is 239 Å². The van der Waals surface area contributed by atoms with Crippen molar-refractivity contribution in [1.29, 1.82) is 0 Å². The van der Waals surface area contributed by atoms with Crippen LogP contribution in [0, 0.1) is 5.95 Å². The van der Waals surface area contributed by atoms with E-state index in [1.807, 2.05) is 12.1 Å². The summed E-state index contributed by atoms with van der Waals surface area (Å²) in [6.07, 6.45) is 2.84. The zero-order chi connectivity index (χ0) is 29.6. The minimum atomic E-state index is -4.46. The summed E-state index contributed by atoms with van der Waals surface area (Å²) >= 11 is 0. The number of alkyl halides is 1. The third-order valence-electron chi connectivity index (χ3n) is 4.51. The Morgan fingerprint density at radius 1 is 0.925 bits per heavy atom. The Hall–Kier alpha value is -3.89. The zero-order valence-electron chi connectivity index (χ0n) is 20.6. The van der Waals surface area contributed by atoms with Crippen LogP contribution < -0.4 is 0 Å². The van der Waals surface area contributed by atoms with Crippen molar-refractivity contribution in [3.63, 3.8) is 0 Å². The van der Waals surface area contributed by atoms with Crippen LogP contribution in [0.15, 0.2) is 82.2 Å². The molecule has 12 nitrogen and oxygen atoms in total. The van der Waals surface area contributed by atoms with Crippen LogP contribution in [0.2, 0.25) is 0 Å². The third-order valence-corrected chi connectivity index (χ3v) is 5.34. The molecule has 3 aromatic carbocycles. The molecular formula is C23H22CuF2N4O8S2. The van der Waals surface area contributed by atoms with Crippen LogP contribution in [0.5, 0.6) is 11.5 Å². The number of nitrogens with zero attached hydrogens (tertiary/aromatic N) is 4. The van der Waals surface area contributed by atoms with Crippen molar-refractivity contribution in [3.05, 3.63) is 78.6 Å². The van der Waals surface area contributed by atoms with Crippen LogP contribution >= 0.6 is 0 Å². The molecule has 0 spiro atoms. The van der Waals surface area contributed by atoms with Gasteiger partial charge in [-0.1, -0.05) is 37.3 Å². The van der Waals surface area contributed by atoms with Crippen LogP contribution in [0.1, 0.15) is 12.5 Å². The van der Waals surface area contributed by atoms with Crippen LogP contribution in [-0.4, -0.2) is 53.0 Å². The van der Waals surface area contributed by atoms with Crippen LogP contribution in [0.3, 0.4) is 0 Å². The molecule has 0 aliphatic carbocycles. The summed E-state index contributed by atoms with van der Waals surface area (Å²) in [5.74, 6) is -0.799. The summed E-state index contributed by atoms with van der Waals surface area (Å²) in [4.78, 5) is 6.31. The molecule has 4 rings (SSSR count). The molecule has 219 valence electrons. The van der Waals surface area contributed by atoms with E-state index in [2.05, 4.69) is 20.2 Å². The Bertz CT molecular complexity index is 1640. The molecule has 40 heavy (non-hydrogen) atoms. The molecule has 1 heterocycles. The number of fused-ring (bicyclic) bond motifs is 1. The summed E-state index contributed by atoms with van der Waals surface area (Å²) in [6.45, 7) is 1.72. The van der Waals surface area contributed by atoms with Crippen LogP contribution in [-0.2, 0) is 44.2 Å². The number of halogens is 2. The van der Waals surface area contributed by atoms with Gasteiger partial charge in [0.1, 0.15) is 23.5 Å². The van der Waals surface area contributed by atoms with Crippen molar-refractivity contribution in [2.45, 2.75) is 18.2 Å².